The van der Waals surface area contributed by atoms with Gasteiger partial charge in [0.05, 0.1) is 17.7 Å². The number of carbonyl (C=O) groups excluding carboxylic acids is 1. The lowest BCUT2D eigenvalue weighted by atomic mass is 9.97. The van der Waals surface area contributed by atoms with Crippen LogP contribution in [0, 0.1) is 18.3 Å². The summed E-state index contributed by atoms with van der Waals surface area (Å²) in [5, 5.41) is 20.2. The number of pyridine rings is 1. The van der Waals surface area contributed by atoms with E-state index < -0.39 is 17.2 Å². The first kappa shape index (κ1) is 19.5. The van der Waals surface area contributed by atoms with Gasteiger partial charge < -0.3 is 9.84 Å². The first-order valence-corrected chi connectivity index (χ1v) is 8.49. The number of benzene rings is 1. The second-order valence-electron chi connectivity index (χ2n) is 5.80. The molecule has 0 radical (unpaired) electrons. The molecular formula is C19H19ClN2O4. The van der Waals surface area contributed by atoms with Crippen molar-refractivity contribution in [3.63, 3.8) is 0 Å². The minimum absolute atomic E-state index is 0.0708. The number of aromatic hydroxyl groups is 1. The number of aromatic nitrogens is 1. The maximum atomic E-state index is 13.0. The van der Waals surface area contributed by atoms with Crippen LogP contribution in [-0.4, -0.2) is 22.6 Å². The molecule has 0 bridgehead atoms. The number of carbonyl (C=O) groups is 1. The lowest BCUT2D eigenvalue weighted by Gasteiger charge is -2.15. The third-order valence-corrected chi connectivity index (χ3v) is 4.47. The number of ketones is 1. The first-order valence-electron chi connectivity index (χ1n) is 8.12. The highest BCUT2D eigenvalue weighted by molar-refractivity contribution is 6.32. The Bertz CT molecular complexity index is 957. The molecule has 136 valence electrons. The topological polar surface area (TPSA) is 92.3 Å². The number of nitriles is 1. The molecule has 1 aromatic heterocycles. The van der Waals surface area contributed by atoms with E-state index in [4.69, 9.17) is 16.3 Å². The van der Waals surface area contributed by atoms with E-state index in [1.807, 2.05) is 13.0 Å². The molecule has 0 fully saturated rings. The molecule has 0 spiro atoms. The van der Waals surface area contributed by atoms with Crippen LogP contribution in [0.1, 0.15) is 46.8 Å². The third kappa shape index (κ3) is 3.44. The molecular weight excluding hydrogens is 356 g/mol. The Balaban J connectivity index is 2.68. The van der Waals surface area contributed by atoms with Crippen molar-refractivity contribution in [2.45, 2.75) is 33.2 Å². The molecule has 1 aromatic carbocycles. The zero-order valence-electron chi connectivity index (χ0n) is 14.8. The maximum absolute atomic E-state index is 13.0. The average molecular weight is 375 g/mol. The number of hydrogen-bond acceptors (Lipinski definition) is 5. The summed E-state index contributed by atoms with van der Waals surface area (Å²) < 4.78 is 6.14. The van der Waals surface area contributed by atoms with Gasteiger partial charge in [0.2, 0.25) is 5.88 Å². The van der Waals surface area contributed by atoms with Gasteiger partial charge in [0.1, 0.15) is 17.4 Å². The fourth-order valence-corrected chi connectivity index (χ4v) is 2.96. The van der Waals surface area contributed by atoms with Crippen LogP contribution in [-0.2, 0) is 6.54 Å². The van der Waals surface area contributed by atoms with Gasteiger partial charge in [0.25, 0.3) is 5.56 Å². The van der Waals surface area contributed by atoms with Gasteiger partial charge in [-0.05, 0) is 37.1 Å². The largest absolute Gasteiger partial charge is 0.495 e. The zero-order chi connectivity index (χ0) is 19.4. The third-order valence-electron chi connectivity index (χ3n) is 4.18. The van der Waals surface area contributed by atoms with E-state index in [1.54, 1.807) is 6.07 Å². The second-order valence-corrected chi connectivity index (χ2v) is 6.21. The molecule has 0 aliphatic carbocycles. The highest BCUT2D eigenvalue weighted by atomic mass is 35.5. The summed E-state index contributed by atoms with van der Waals surface area (Å²) in [5.41, 5.74) is -0.445. The molecule has 7 heteroatoms. The number of hydrogen-bond donors (Lipinski definition) is 1. The fraction of sp³-hybridized carbons (Fsp3) is 0.316. The predicted molar refractivity (Wildman–Crippen MR) is 98.2 cm³/mol. The van der Waals surface area contributed by atoms with Crippen LogP contribution in [0.2, 0.25) is 5.02 Å². The molecule has 1 N–H and O–H groups in total. The lowest BCUT2D eigenvalue weighted by molar-refractivity contribution is 0.103. The summed E-state index contributed by atoms with van der Waals surface area (Å²) in [5.74, 6) is -0.544. The van der Waals surface area contributed by atoms with Crippen molar-refractivity contribution in [3.8, 4) is 17.7 Å². The van der Waals surface area contributed by atoms with Gasteiger partial charge in [-0.15, -0.1) is 0 Å². The van der Waals surface area contributed by atoms with Crippen LogP contribution in [0.5, 0.6) is 11.6 Å². The Kier molecular flexibility index (Phi) is 6.06. The van der Waals surface area contributed by atoms with Gasteiger partial charge in [-0.2, -0.15) is 5.26 Å². The minimum Gasteiger partial charge on any atom is -0.495 e. The van der Waals surface area contributed by atoms with Crippen molar-refractivity contribution in [1.29, 1.82) is 5.26 Å². The van der Waals surface area contributed by atoms with Crippen molar-refractivity contribution in [2.24, 2.45) is 0 Å². The van der Waals surface area contributed by atoms with E-state index in [0.29, 0.717) is 12.2 Å². The van der Waals surface area contributed by atoms with Crippen LogP contribution in [0.15, 0.2) is 23.0 Å². The fourth-order valence-electron chi connectivity index (χ4n) is 2.70. The van der Waals surface area contributed by atoms with Gasteiger partial charge in [0, 0.05) is 12.1 Å². The molecule has 0 saturated carbocycles. The number of halogens is 1. The van der Waals surface area contributed by atoms with Crippen molar-refractivity contribution in [2.75, 3.05) is 7.11 Å². The Morgan fingerprint density at radius 1 is 1.42 bits per heavy atom. The maximum Gasteiger partial charge on any atom is 0.271 e. The number of unbranched alkanes of at least 4 members (excludes halogenated alkanes) is 1. The number of ether oxygens (including phenoxy) is 1. The van der Waals surface area contributed by atoms with Gasteiger partial charge in [-0.1, -0.05) is 24.9 Å². The molecule has 2 aromatic rings. The van der Waals surface area contributed by atoms with Gasteiger partial charge in [-0.25, -0.2) is 0 Å². The summed E-state index contributed by atoms with van der Waals surface area (Å²) in [6.07, 6.45) is 1.42. The van der Waals surface area contributed by atoms with E-state index in [1.165, 1.54) is 26.2 Å². The van der Waals surface area contributed by atoms with E-state index in [9.17, 15) is 20.0 Å². The number of rotatable bonds is 6. The number of methoxy groups -OCH3 is 1. The Morgan fingerprint density at radius 3 is 2.65 bits per heavy atom. The summed E-state index contributed by atoms with van der Waals surface area (Å²) >= 11 is 6.08. The van der Waals surface area contributed by atoms with E-state index >= 15 is 0 Å². The van der Waals surface area contributed by atoms with Crippen LogP contribution in [0.3, 0.4) is 0 Å². The Morgan fingerprint density at radius 2 is 2.12 bits per heavy atom. The molecule has 2 rings (SSSR count). The molecule has 1 heterocycles. The Hall–Kier alpha value is -2.78. The van der Waals surface area contributed by atoms with Gasteiger partial charge in [0.15, 0.2) is 5.78 Å². The molecule has 6 nitrogen and oxygen atoms in total. The zero-order valence-corrected chi connectivity index (χ0v) is 15.6. The van der Waals surface area contributed by atoms with Crippen molar-refractivity contribution >= 4 is 17.4 Å². The van der Waals surface area contributed by atoms with Crippen molar-refractivity contribution in [1.82, 2.24) is 4.57 Å². The smallest absolute Gasteiger partial charge is 0.271 e. The highest BCUT2D eigenvalue weighted by Gasteiger charge is 2.25. The molecule has 0 aliphatic heterocycles. The van der Waals surface area contributed by atoms with E-state index in [-0.39, 0.29) is 33.8 Å². The van der Waals surface area contributed by atoms with Crippen molar-refractivity contribution < 1.29 is 14.6 Å². The molecule has 0 amide bonds. The summed E-state index contributed by atoms with van der Waals surface area (Å²) in [6.45, 7) is 3.63. The summed E-state index contributed by atoms with van der Waals surface area (Å²) in [7, 11) is 1.46. The minimum atomic E-state index is -0.597. The highest BCUT2D eigenvalue weighted by Crippen LogP contribution is 2.29. The van der Waals surface area contributed by atoms with Crippen LogP contribution < -0.4 is 10.3 Å². The van der Waals surface area contributed by atoms with Gasteiger partial charge in [-0.3, -0.25) is 14.2 Å². The van der Waals surface area contributed by atoms with E-state index in [2.05, 4.69) is 0 Å². The van der Waals surface area contributed by atoms with Gasteiger partial charge >= 0.3 is 0 Å². The summed E-state index contributed by atoms with van der Waals surface area (Å²) in [6, 6.07) is 6.32. The first-order chi connectivity index (χ1) is 12.4. The predicted octanol–water partition coefficient (Wildman–Crippen LogP) is 3.43. The molecule has 0 atom stereocenters. The molecule has 0 saturated heterocycles. The monoisotopic (exact) mass is 374 g/mol. The van der Waals surface area contributed by atoms with E-state index in [0.717, 1.165) is 11.0 Å². The normalized spacial score (nSPS) is 10.4. The second kappa shape index (κ2) is 8.07. The lowest BCUT2D eigenvalue weighted by Crippen LogP contribution is -2.26. The van der Waals surface area contributed by atoms with Crippen LogP contribution in [0.25, 0.3) is 0 Å². The van der Waals surface area contributed by atoms with Crippen LogP contribution >= 0.6 is 11.6 Å². The Labute approximate surface area is 156 Å². The molecule has 0 aliphatic rings. The quantitative estimate of drug-likeness (QED) is 0.782. The average Bonchev–Trinajstić information content (AvgIpc) is 2.61. The number of nitrogens with zero attached hydrogens (tertiary/aromatic N) is 2. The summed E-state index contributed by atoms with van der Waals surface area (Å²) in [4.78, 5) is 25.4. The molecule has 26 heavy (non-hydrogen) atoms. The molecule has 0 unspecified atom stereocenters. The SMILES string of the molecule is CCCCn1c(O)c(C(=O)c2ccc(OC)c(Cl)c2)c(C)c(C#N)c1=O. The standard InChI is InChI=1S/C19H19ClN2O4/c1-4-5-8-22-18(24)13(10-21)11(2)16(19(22)25)17(23)12-6-7-15(26-3)14(20)9-12/h6-7,9,25H,4-5,8H2,1-3H3. The van der Waals surface area contributed by atoms with Crippen LogP contribution in [0.4, 0.5) is 0 Å². The van der Waals surface area contributed by atoms with Crippen molar-refractivity contribution in [3.05, 3.63) is 55.8 Å².